The molecule has 1 aliphatic rings. The summed E-state index contributed by atoms with van der Waals surface area (Å²) in [4.78, 5) is 7.16. The van der Waals surface area contributed by atoms with E-state index in [1.54, 1.807) is 52.9 Å². The molecule has 0 atom stereocenters. The van der Waals surface area contributed by atoms with Crippen molar-refractivity contribution < 1.29 is 12.8 Å². The summed E-state index contributed by atoms with van der Waals surface area (Å²) in [6.45, 7) is 1.43. The number of benzene rings is 3. The molecule has 2 aromatic heterocycles. The number of halogens is 1. The van der Waals surface area contributed by atoms with Gasteiger partial charge in [0.05, 0.1) is 16.0 Å². The number of rotatable bonds is 4. The minimum absolute atomic E-state index is 0.278. The van der Waals surface area contributed by atoms with Gasteiger partial charge in [0, 0.05) is 31.6 Å². The standard InChI is InChI=1S/C25H21FN6O2S/c26-21-12-6-4-10-19(21)23-28-29-24-20-11-5-7-13-22(20)27-25(32(23)24)30-14-16-31(17-15-30)35(33,34)18-8-2-1-3-9-18/h1-13H,14-17H2. The molecule has 0 amide bonds. The van der Waals surface area contributed by atoms with E-state index in [0.29, 0.717) is 49.2 Å². The summed E-state index contributed by atoms with van der Waals surface area (Å²) in [6, 6.07) is 22.5. The van der Waals surface area contributed by atoms with Crippen molar-refractivity contribution in [3.8, 4) is 11.4 Å². The highest BCUT2D eigenvalue weighted by molar-refractivity contribution is 7.89. The molecule has 3 heterocycles. The first-order chi connectivity index (χ1) is 17.0. The summed E-state index contributed by atoms with van der Waals surface area (Å²) in [7, 11) is -3.59. The first kappa shape index (κ1) is 21.6. The molecular formula is C25H21FN6O2S. The number of piperazine rings is 1. The maximum absolute atomic E-state index is 14.7. The van der Waals surface area contributed by atoms with E-state index in [1.165, 1.54) is 10.4 Å². The summed E-state index contributed by atoms with van der Waals surface area (Å²) in [5, 5.41) is 9.52. The van der Waals surface area contributed by atoms with Crippen molar-refractivity contribution in [3.05, 3.63) is 84.7 Å². The van der Waals surface area contributed by atoms with E-state index in [4.69, 9.17) is 4.98 Å². The van der Waals surface area contributed by atoms with Crippen molar-refractivity contribution in [3.63, 3.8) is 0 Å². The SMILES string of the molecule is O=S(=O)(c1ccccc1)N1CCN(c2nc3ccccc3c3nnc(-c4ccccc4F)n23)CC1. The Bertz CT molecular complexity index is 1650. The second-order valence-electron chi connectivity index (χ2n) is 8.30. The molecule has 0 bridgehead atoms. The molecule has 0 unspecified atom stereocenters. The highest BCUT2D eigenvalue weighted by atomic mass is 32.2. The minimum atomic E-state index is -3.59. The van der Waals surface area contributed by atoms with Gasteiger partial charge in [-0.25, -0.2) is 22.2 Å². The lowest BCUT2D eigenvalue weighted by Crippen LogP contribution is -2.49. The third-order valence-electron chi connectivity index (χ3n) is 6.25. The smallest absolute Gasteiger partial charge is 0.243 e. The molecule has 6 rings (SSSR count). The number of para-hydroxylation sites is 1. The molecule has 1 fully saturated rings. The van der Waals surface area contributed by atoms with Crippen LogP contribution in [0.15, 0.2) is 83.8 Å². The Morgan fingerprint density at radius 1 is 0.771 bits per heavy atom. The van der Waals surface area contributed by atoms with Gasteiger partial charge in [0.2, 0.25) is 16.0 Å². The van der Waals surface area contributed by atoms with Gasteiger partial charge in [0.15, 0.2) is 11.5 Å². The summed E-state index contributed by atoms with van der Waals surface area (Å²) < 4.78 is 44.1. The fraction of sp³-hybridized carbons (Fsp3) is 0.160. The van der Waals surface area contributed by atoms with Crippen LogP contribution in [0.5, 0.6) is 0 Å². The lowest BCUT2D eigenvalue weighted by Gasteiger charge is -2.35. The molecule has 5 aromatic rings. The minimum Gasteiger partial charge on any atom is -0.339 e. The van der Waals surface area contributed by atoms with Gasteiger partial charge in [-0.3, -0.25) is 0 Å². The predicted molar refractivity (Wildman–Crippen MR) is 131 cm³/mol. The fourth-order valence-electron chi connectivity index (χ4n) is 4.47. The highest BCUT2D eigenvalue weighted by Crippen LogP contribution is 2.30. The molecule has 35 heavy (non-hydrogen) atoms. The van der Waals surface area contributed by atoms with Gasteiger partial charge in [-0.1, -0.05) is 42.5 Å². The van der Waals surface area contributed by atoms with Gasteiger partial charge in [0.1, 0.15) is 5.82 Å². The van der Waals surface area contributed by atoms with Crippen LogP contribution in [-0.4, -0.2) is 58.5 Å². The van der Waals surface area contributed by atoms with E-state index in [9.17, 15) is 12.8 Å². The van der Waals surface area contributed by atoms with Crippen LogP contribution in [0.2, 0.25) is 0 Å². The van der Waals surface area contributed by atoms with Gasteiger partial charge in [-0.2, -0.15) is 4.31 Å². The van der Waals surface area contributed by atoms with Crippen LogP contribution in [-0.2, 0) is 10.0 Å². The molecule has 1 aliphatic heterocycles. The Kier molecular flexibility index (Phi) is 5.19. The Morgan fingerprint density at radius 3 is 2.23 bits per heavy atom. The molecule has 3 aromatic carbocycles. The maximum atomic E-state index is 14.7. The Hall–Kier alpha value is -3.89. The predicted octanol–water partition coefficient (Wildman–Crippen LogP) is 3.59. The summed E-state index contributed by atoms with van der Waals surface area (Å²) >= 11 is 0. The third-order valence-corrected chi connectivity index (χ3v) is 8.16. The van der Waals surface area contributed by atoms with Crippen molar-refractivity contribution >= 4 is 32.5 Å². The highest BCUT2D eigenvalue weighted by Gasteiger charge is 2.30. The molecule has 176 valence electrons. The Labute approximate surface area is 201 Å². The molecule has 0 spiro atoms. The zero-order chi connectivity index (χ0) is 24.0. The van der Waals surface area contributed by atoms with E-state index in [2.05, 4.69) is 10.2 Å². The second-order valence-corrected chi connectivity index (χ2v) is 10.2. The monoisotopic (exact) mass is 488 g/mol. The van der Waals surface area contributed by atoms with Crippen LogP contribution < -0.4 is 4.90 Å². The van der Waals surface area contributed by atoms with Gasteiger partial charge in [-0.05, 0) is 36.4 Å². The van der Waals surface area contributed by atoms with Crippen molar-refractivity contribution in [2.24, 2.45) is 0 Å². The number of anilines is 1. The van der Waals surface area contributed by atoms with Gasteiger partial charge < -0.3 is 4.90 Å². The molecule has 0 aliphatic carbocycles. The second kappa shape index (κ2) is 8.40. The van der Waals surface area contributed by atoms with Gasteiger partial charge >= 0.3 is 0 Å². The van der Waals surface area contributed by atoms with Crippen molar-refractivity contribution in [1.29, 1.82) is 0 Å². The molecule has 1 saturated heterocycles. The van der Waals surface area contributed by atoms with Crippen LogP contribution in [0.25, 0.3) is 27.9 Å². The fourth-order valence-corrected chi connectivity index (χ4v) is 5.91. The van der Waals surface area contributed by atoms with E-state index in [0.717, 1.165) is 10.9 Å². The first-order valence-corrected chi connectivity index (χ1v) is 12.7. The van der Waals surface area contributed by atoms with Crippen molar-refractivity contribution in [2.45, 2.75) is 4.90 Å². The Balaban J connectivity index is 1.42. The summed E-state index contributed by atoms with van der Waals surface area (Å²) in [5.74, 6) is 0.504. The average molecular weight is 489 g/mol. The Morgan fingerprint density at radius 2 is 1.46 bits per heavy atom. The number of aromatic nitrogens is 4. The number of nitrogens with zero attached hydrogens (tertiary/aromatic N) is 6. The number of hydrogen-bond acceptors (Lipinski definition) is 6. The number of hydrogen-bond donors (Lipinski definition) is 0. The largest absolute Gasteiger partial charge is 0.339 e. The topological polar surface area (TPSA) is 83.7 Å². The molecule has 0 N–H and O–H groups in total. The first-order valence-electron chi connectivity index (χ1n) is 11.2. The van der Waals surface area contributed by atoms with E-state index < -0.39 is 15.8 Å². The van der Waals surface area contributed by atoms with Crippen LogP contribution in [0.3, 0.4) is 0 Å². The van der Waals surface area contributed by atoms with Gasteiger partial charge in [0.25, 0.3) is 0 Å². The van der Waals surface area contributed by atoms with Crippen molar-refractivity contribution in [2.75, 3.05) is 31.1 Å². The van der Waals surface area contributed by atoms with Gasteiger partial charge in [-0.15, -0.1) is 10.2 Å². The number of sulfonamides is 1. The van der Waals surface area contributed by atoms with Crippen LogP contribution >= 0.6 is 0 Å². The third kappa shape index (κ3) is 3.62. The maximum Gasteiger partial charge on any atom is 0.243 e. The van der Waals surface area contributed by atoms with Crippen LogP contribution in [0.4, 0.5) is 10.3 Å². The quantitative estimate of drug-likeness (QED) is 0.385. The lowest BCUT2D eigenvalue weighted by molar-refractivity contribution is 0.382. The molecule has 8 nitrogen and oxygen atoms in total. The lowest BCUT2D eigenvalue weighted by atomic mass is 10.2. The molecule has 10 heteroatoms. The van der Waals surface area contributed by atoms with Crippen molar-refractivity contribution in [1.82, 2.24) is 23.9 Å². The summed E-state index contributed by atoms with van der Waals surface area (Å²) in [6.07, 6.45) is 0. The van der Waals surface area contributed by atoms with Crippen LogP contribution in [0, 0.1) is 5.82 Å². The average Bonchev–Trinajstić information content (AvgIpc) is 3.34. The summed E-state index contributed by atoms with van der Waals surface area (Å²) in [5.41, 5.74) is 1.63. The zero-order valence-corrected chi connectivity index (χ0v) is 19.4. The number of fused-ring (bicyclic) bond motifs is 3. The molecule has 0 saturated carbocycles. The van der Waals surface area contributed by atoms with E-state index in [1.807, 2.05) is 29.2 Å². The normalized spacial score (nSPS) is 15.2. The molecular weight excluding hydrogens is 467 g/mol. The van der Waals surface area contributed by atoms with E-state index >= 15 is 0 Å². The van der Waals surface area contributed by atoms with E-state index in [-0.39, 0.29) is 4.90 Å². The molecule has 0 radical (unpaired) electrons. The zero-order valence-electron chi connectivity index (χ0n) is 18.6. The van der Waals surface area contributed by atoms with Crippen LogP contribution in [0.1, 0.15) is 0 Å².